The van der Waals surface area contributed by atoms with Gasteiger partial charge in [-0.05, 0) is 11.5 Å². The Hall–Kier alpha value is -3.01. The average molecular weight is 317 g/mol. The quantitative estimate of drug-likeness (QED) is 0.764. The summed E-state index contributed by atoms with van der Waals surface area (Å²) in [5, 5.41) is 2.86. The monoisotopic (exact) mass is 317 g/mol. The third-order valence-electron chi connectivity index (χ3n) is 3.83. The molecule has 3 aromatic rings. The third-order valence-corrected chi connectivity index (χ3v) is 3.83. The molecule has 1 heterocycles. The van der Waals surface area contributed by atoms with E-state index in [0.29, 0.717) is 17.9 Å². The first-order chi connectivity index (χ1) is 11.7. The fourth-order valence-electron chi connectivity index (χ4n) is 2.52. The van der Waals surface area contributed by atoms with Gasteiger partial charge >= 0.3 is 0 Å². The minimum absolute atomic E-state index is 0.0394. The van der Waals surface area contributed by atoms with Crippen molar-refractivity contribution in [1.82, 2.24) is 9.97 Å². The highest BCUT2D eigenvalue weighted by Crippen LogP contribution is 2.20. The molecule has 0 bridgehead atoms. The third kappa shape index (κ3) is 4.04. The van der Waals surface area contributed by atoms with Gasteiger partial charge in [0.1, 0.15) is 0 Å². The number of carbonyl (C=O) groups is 1. The fourth-order valence-corrected chi connectivity index (χ4v) is 2.52. The first kappa shape index (κ1) is 15.9. The molecule has 4 nitrogen and oxygen atoms in total. The number of benzene rings is 2. The Labute approximate surface area is 141 Å². The van der Waals surface area contributed by atoms with Crippen molar-refractivity contribution in [1.29, 1.82) is 0 Å². The van der Waals surface area contributed by atoms with Crippen LogP contribution in [-0.2, 0) is 4.79 Å². The molecule has 0 aliphatic rings. The van der Waals surface area contributed by atoms with Crippen molar-refractivity contribution in [2.45, 2.75) is 19.3 Å². The smallest absolute Gasteiger partial charge is 0.225 e. The second-order valence-electron chi connectivity index (χ2n) is 5.73. The summed E-state index contributed by atoms with van der Waals surface area (Å²) in [4.78, 5) is 20.8. The maximum Gasteiger partial charge on any atom is 0.225 e. The zero-order valence-corrected chi connectivity index (χ0v) is 13.5. The summed E-state index contributed by atoms with van der Waals surface area (Å²) in [5.74, 6) is 0.768. The highest BCUT2D eigenvalue weighted by molar-refractivity contribution is 5.90. The van der Waals surface area contributed by atoms with Gasteiger partial charge in [0.2, 0.25) is 5.91 Å². The van der Waals surface area contributed by atoms with Gasteiger partial charge in [-0.25, -0.2) is 9.97 Å². The summed E-state index contributed by atoms with van der Waals surface area (Å²) in [6.45, 7) is 2.05. The van der Waals surface area contributed by atoms with Crippen molar-refractivity contribution in [2.75, 3.05) is 5.32 Å². The van der Waals surface area contributed by atoms with Crippen LogP contribution in [0.2, 0.25) is 0 Å². The molecule has 3 rings (SSSR count). The molecule has 0 aliphatic carbocycles. The Balaban J connectivity index is 1.61. The lowest BCUT2D eigenvalue weighted by molar-refractivity contribution is -0.116. The molecule has 0 unspecified atom stereocenters. The maximum atomic E-state index is 12.2. The van der Waals surface area contributed by atoms with Crippen molar-refractivity contribution in [3.8, 4) is 11.4 Å². The van der Waals surface area contributed by atoms with Crippen molar-refractivity contribution in [3.05, 3.63) is 78.6 Å². The van der Waals surface area contributed by atoms with Crippen molar-refractivity contribution in [2.24, 2.45) is 0 Å². The Morgan fingerprint density at radius 3 is 2.17 bits per heavy atom. The molecule has 0 fully saturated rings. The van der Waals surface area contributed by atoms with Gasteiger partial charge < -0.3 is 5.32 Å². The van der Waals surface area contributed by atoms with E-state index in [1.54, 1.807) is 12.4 Å². The molecule has 0 radical (unpaired) electrons. The first-order valence-corrected chi connectivity index (χ1v) is 7.94. The molecule has 120 valence electrons. The maximum absolute atomic E-state index is 12.2. The van der Waals surface area contributed by atoms with Crippen LogP contribution in [0.5, 0.6) is 0 Å². The second-order valence-corrected chi connectivity index (χ2v) is 5.73. The molecule has 0 spiro atoms. The van der Waals surface area contributed by atoms with Crippen molar-refractivity contribution < 1.29 is 4.79 Å². The van der Waals surface area contributed by atoms with Crippen LogP contribution in [0.15, 0.2) is 73.1 Å². The fraction of sp³-hybridized carbons (Fsp3) is 0.150. The lowest BCUT2D eigenvalue weighted by Gasteiger charge is -2.12. The zero-order valence-electron chi connectivity index (χ0n) is 13.5. The summed E-state index contributed by atoms with van der Waals surface area (Å²) in [7, 11) is 0. The van der Waals surface area contributed by atoms with E-state index in [4.69, 9.17) is 0 Å². The predicted octanol–water partition coefficient (Wildman–Crippen LogP) is 4.28. The van der Waals surface area contributed by atoms with Crippen LogP contribution < -0.4 is 5.32 Å². The molecular weight excluding hydrogens is 298 g/mol. The van der Waals surface area contributed by atoms with Crippen molar-refractivity contribution >= 4 is 11.6 Å². The zero-order chi connectivity index (χ0) is 16.8. The van der Waals surface area contributed by atoms with E-state index in [2.05, 4.69) is 15.3 Å². The standard InChI is InChI=1S/C20H19N3O/c1-15(16-8-4-2-5-9-16)12-19(24)23-18-13-21-20(22-14-18)17-10-6-3-7-11-17/h2-11,13-15H,12H2,1H3,(H,23,24)/t15-/m1/s1. The highest BCUT2D eigenvalue weighted by Gasteiger charge is 2.11. The van der Waals surface area contributed by atoms with Crippen LogP contribution in [-0.4, -0.2) is 15.9 Å². The number of hydrogen-bond donors (Lipinski definition) is 1. The van der Waals surface area contributed by atoms with Gasteiger partial charge in [-0.15, -0.1) is 0 Å². The molecular formula is C20H19N3O. The molecule has 1 amide bonds. The Morgan fingerprint density at radius 1 is 0.958 bits per heavy atom. The van der Waals surface area contributed by atoms with E-state index < -0.39 is 0 Å². The summed E-state index contributed by atoms with van der Waals surface area (Å²) in [6.07, 6.45) is 3.70. The van der Waals surface area contributed by atoms with Gasteiger partial charge in [-0.2, -0.15) is 0 Å². The molecule has 1 N–H and O–H groups in total. The van der Waals surface area contributed by atoms with E-state index in [1.807, 2.05) is 67.6 Å². The Bertz CT molecular complexity index is 786. The highest BCUT2D eigenvalue weighted by atomic mass is 16.1. The molecule has 0 saturated heterocycles. The van der Waals surface area contributed by atoms with Crippen LogP contribution in [0.1, 0.15) is 24.8 Å². The number of amides is 1. The normalized spacial score (nSPS) is 11.7. The summed E-state index contributed by atoms with van der Waals surface area (Å²) in [6, 6.07) is 19.8. The average Bonchev–Trinajstić information content (AvgIpc) is 2.64. The van der Waals surface area contributed by atoms with Gasteiger partial charge in [-0.1, -0.05) is 67.6 Å². The second kappa shape index (κ2) is 7.51. The van der Waals surface area contributed by atoms with Crippen LogP contribution in [0.3, 0.4) is 0 Å². The molecule has 4 heteroatoms. The number of aromatic nitrogens is 2. The number of nitrogens with zero attached hydrogens (tertiary/aromatic N) is 2. The number of carbonyl (C=O) groups excluding carboxylic acids is 1. The van der Waals surface area contributed by atoms with E-state index in [9.17, 15) is 4.79 Å². The van der Waals surface area contributed by atoms with E-state index >= 15 is 0 Å². The van der Waals surface area contributed by atoms with Gasteiger partial charge in [0.15, 0.2) is 5.82 Å². The molecule has 0 saturated carbocycles. The largest absolute Gasteiger partial charge is 0.323 e. The number of rotatable bonds is 5. The van der Waals surface area contributed by atoms with Gasteiger partial charge in [-0.3, -0.25) is 4.79 Å². The number of anilines is 1. The molecule has 1 atom stereocenters. The first-order valence-electron chi connectivity index (χ1n) is 7.94. The van der Waals surface area contributed by atoms with Gasteiger partial charge in [0, 0.05) is 12.0 Å². The van der Waals surface area contributed by atoms with Crippen LogP contribution in [0.25, 0.3) is 11.4 Å². The summed E-state index contributed by atoms with van der Waals surface area (Å²) < 4.78 is 0. The van der Waals surface area contributed by atoms with Crippen molar-refractivity contribution in [3.63, 3.8) is 0 Å². The van der Waals surface area contributed by atoms with Gasteiger partial charge in [0.25, 0.3) is 0 Å². The molecule has 2 aromatic carbocycles. The topological polar surface area (TPSA) is 54.9 Å². The lowest BCUT2D eigenvalue weighted by atomic mass is 9.97. The molecule has 0 aliphatic heterocycles. The Morgan fingerprint density at radius 2 is 1.54 bits per heavy atom. The minimum atomic E-state index is -0.0394. The molecule has 24 heavy (non-hydrogen) atoms. The van der Waals surface area contributed by atoms with E-state index in [0.717, 1.165) is 11.1 Å². The van der Waals surface area contributed by atoms with Gasteiger partial charge in [0.05, 0.1) is 18.1 Å². The molecule has 1 aromatic heterocycles. The van der Waals surface area contributed by atoms with Crippen LogP contribution in [0.4, 0.5) is 5.69 Å². The predicted molar refractivity (Wildman–Crippen MR) is 95.6 cm³/mol. The van der Waals surface area contributed by atoms with E-state index in [-0.39, 0.29) is 11.8 Å². The van der Waals surface area contributed by atoms with Crippen LogP contribution in [0, 0.1) is 0 Å². The van der Waals surface area contributed by atoms with E-state index in [1.165, 1.54) is 0 Å². The number of hydrogen-bond acceptors (Lipinski definition) is 3. The number of nitrogens with one attached hydrogen (secondary N) is 1. The minimum Gasteiger partial charge on any atom is -0.323 e. The summed E-state index contributed by atoms with van der Waals surface area (Å²) >= 11 is 0. The van der Waals surface area contributed by atoms with Crippen LogP contribution >= 0.6 is 0 Å². The summed E-state index contributed by atoms with van der Waals surface area (Å²) in [5.41, 5.74) is 2.72. The Kier molecular flexibility index (Phi) is 4.96. The lowest BCUT2D eigenvalue weighted by Crippen LogP contribution is -2.14. The SMILES string of the molecule is C[C@H](CC(=O)Nc1cnc(-c2ccccc2)nc1)c1ccccc1.